The quantitative estimate of drug-likeness (QED) is 0.529. The maximum absolute atomic E-state index is 12.3. The highest BCUT2D eigenvalue weighted by Crippen LogP contribution is 2.13. The van der Waals surface area contributed by atoms with Gasteiger partial charge in [0.2, 0.25) is 0 Å². The zero-order valence-electron chi connectivity index (χ0n) is 4.63. The number of aromatic nitrogens is 1. The second-order valence-electron chi connectivity index (χ2n) is 1.59. The van der Waals surface area contributed by atoms with Crippen LogP contribution in [0.25, 0.3) is 0 Å². The number of hydrogen-bond acceptors (Lipinski definition) is 3. The standard InChI is InChI=1S/C5H6FN3/c6-3-1-2-9-5(8)4(3)7/h1-2H,7H2,(H2,8,9). The minimum absolute atomic E-state index is 0.0370. The lowest BCUT2D eigenvalue weighted by molar-refractivity contribution is 0.631. The Bertz CT molecular complexity index is 203. The molecule has 0 aromatic carbocycles. The summed E-state index contributed by atoms with van der Waals surface area (Å²) in [5.74, 6) is -0.488. The van der Waals surface area contributed by atoms with Gasteiger partial charge < -0.3 is 11.5 Å². The average Bonchev–Trinajstić information content (AvgIpc) is 1.83. The molecule has 1 aromatic heterocycles. The lowest BCUT2D eigenvalue weighted by Gasteiger charge is -1.96. The number of nitrogens with two attached hydrogens (primary N) is 2. The van der Waals surface area contributed by atoms with Gasteiger partial charge in [0, 0.05) is 6.20 Å². The minimum atomic E-state index is -0.525. The highest BCUT2D eigenvalue weighted by Gasteiger charge is 1.99. The van der Waals surface area contributed by atoms with Gasteiger partial charge in [-0.1, -0.05) is 0 Å². The highest BCUT2D eigenvalue weighted by atomic mass is 19.1. The Morgan fingerprint density at radius 2 is 2.11 bits per heavy atom. The van der Waals surface area contributed by atoms with Crippen LogP contribution in [0.4, 0.5) is 15.9 Å². The summed E-state index contributed by atoms with van der Waals surface area (Å²) >= 11 is 0. The molecule has 0 radical (unpaired) electrons. The Morgan fingerprint density at radius 3 is 2.56 bits per heavy atom. The molecule has 4 heteroatoms. The zero-order chi connectivity index (χ0) is 6.85. The van der Waals surface area contributed by atoms with E-state index in [1.807, 2.05) is 0 Å². The fourth-order valence-electron chi connectivity index (χ4n) is 0.465. The minimum Gasteiger partial charge on any atom is -0.393 e. The van der Waals surface area contributed by atoms with Crippen molar-refractivity contribution >= 4 is 11.5 Å². The summed E-state index contributed by atoms with van der Waals surface area (Å²) in [6.45, 7) is 0. The Hall–Kier alpha value is -1.32. The summed E-state index contributed by atoms with van der Waals surface area (Å²) in [6.07, 6.45) is 1.26. The predicted octanol–water partition coefficient (Wildman–Crippen LogP) is 0.385. The summed E-state index contributed by atoms with van der Waals surface area (Å²) in [7, 11) is 0. The molecule has 0 amide bonds. The van der Waals surface area contributed by atoms with Gasteiger partial charge in [-0.25, -0.2) is 9.37 Å². The lowest BCUT2D eigenvalue weighted by atomic mass is 10.4. The van der Waals surface area contributed by atoms with Crippen LogP contribution in [0.5, 0.6) is 0 Å². The van der Waals surface area contributed by atoms with Crippen LogP contribution in [-0.4, -0.2) is 4.98 Å². The van der Waals surface area contributed by atoms with E-state index >= 15 is 0 Å². The molecule has 0 fully saturated rings. The molecule has 1 aromatic rings. The average molecular weight is 127 g/mol. The third kappa shape index (κ3) is 0.910. The molecular formula is C5H6FN3. The predicted molar refractivity (Wildman–Crippen MR) is 33.0 cm³/mol. The maximum atomic E-state index is 12.3. The smallest absolute Gasteiger partial charge is 0.151 e. The second kappa shape index (κ2) is 1.89. The van der Waals surface area contributed by atoms with Crippen molar-refractivity contribution in [3.8, 4) is 0 Å². The summed E-state index contributed by atoms with van der Waals surface area (Å²) in [4.78, 5) is 3.55. The molecule has 9 heavy (non-hydrogen) atoms. The third-order valence-corrected chi connectivity index (χ3v) is 0.968. The molecule has 3 nitrogen and oxygen atoms in total. The van der Waals surface area contributed by atoms with Crippen molar-refractivity contribution in [1.82, 2.24) is 4.98 Å². The van der Waals surface area contributed by atoms with Crippen LogP contribution in [0.1, 0.15) is 0 Å². The van der Waals surface area contributed by atoms with Gasteiger partial charge in [0.1, 0.15) is 11.5 Å². The van der Waals surface area contributed by atoms with Crippen LogP contribution in [-0.2, 0) is 0 Å². The molecule has 0 unspecified atom stereocenters. The largest absolute Gasteiger partial charge is 0.393 e. The number of hydrogen-bond donors (Lipinski definition) is 2. The number of nitrogens with zero attached hydrogens (tertiary/aromatic N) is 1. The van der Waals surface area contributed by atoms with Crippen molar-refractivity contribution < 1.29 is 4.39 Å². The summed E-state index contributed by atoms with van der Waals surface area (Å²) in [6, 6.07) is 1.16. The van der Waals surface area contributed by atoms with Crippen molar-refractivity contribution in [3.05, 3.63) is 18.1 Å². The van der Waals surface area contributed by atoms with Crippen molar-refractivity contribution in [3.63, 3.8) is 0 Å². The first-order valence-corrected chi connectivity index (χ1v) is 2.37. The Balaban J connectivity index is 3.25. The third-order valence-electron chi connectivity index (χ3n) is 0.968. The Morgan fingerprint density at radius 1 is 1.44 bits per heavy atom. The van der Waals surface area contributed by atoms with Crippen molar-refractivity contribution in [2.75, 3.05) is 11.5 Å². The number of nitrogen functional groups attached to an aromatic ring is 2. The fraction of sp³-hybridized carbons (Fsp3) is 0. The van der Waals surface area contributed by atoms with E-state index in [1.165, 1.54) is 6.20 Å². The molecule has 0 atom stereocenters. The van der Waals surface area contributed by atoms with Gasteiger partial charge in [0.25, 0.3) is 0 Å². The molecule has 0 saturated carbocycles. The van der Waals surface area contributed by atoms with Gasteiger partial charge in [-0.05, 0) is 6.07 Å². The van der Waals surface area contributed by atoms with Crippen LogP contribution in [0.2, 0.25) is 0 Å². The zero-order valence-corrected chi connectivity index (χ0v) is 4.63. The topological polar surface area (TPSA) is 64.9 Å². The first-order valence-electron chi connectivity index (χ1n) is 2.37. The Labute approximate surface area is 51.5 Å². The van der Waals surface area contributed by atoms with Crippen molar-refractivity contribution in [2.45, 2.75) is 0 Å². The molecule has 0 aliphatic heterocycles. The lowest BCUT2D eigenvalue weighted by Crippen LogP contribution is -1.99. The van der Waals surface area contributed by atoms with Gasteiger partial charge in [-0.2, -0.15) is 0 Å². The number of rotatable bonds is 0. The van der Waals surface area contributed by atoms with Crippen molar-refractivity contribution in [2.24, 2.45) is 0 Å². The molecule has 0 saturated heterocycles. The summed E-state index contributed by atoms with van der Waals surface area (Å²) in [5, 5.41) is 0. The first kappa shape index (κ1) is 5.81. The molecular weight excluding hydrogens is 121 g/mol. The van der Waals surface area contributed by atoms with Crippen LogP contribution in [0.15, 0.2) is 12.3 Å². The van der Waals surface area contributed by atoms with Crippen molar-refractivity contribution in [1.29, 1.82) is 0 Å². The number of pyridine rings is 1. The fourth-order valence-corrected chi connectivity index (χ4v) is 0.465. The molecule has 0 aliphatic rings. The molecule has 1 rings (SSSR count). The van der Waals surface area contributed by atoms with Gasteiger partial charge >= 0.3 is 0 Å². The van der Waals surface area contributed by atoms with E-state index in [0.717, 1.165) is 6.07 Å². The van der Waals surface area contributed by atoms with E-state index in [9.17, 15) is 4.39 Å². The van der Waals surface area contributed by atoms with E-state index in [1.54, 1.807) is 0 Å². The Kier molecular flexibility index (Phi) is 1.22. The molecule has 1 heterocycles. The van der Waals surface area contributed by atoms with Gasteiger partial charge in [-0.15, -0.1) is 0 Å². The van der Waals surface area contributed by atoms with Crippen LogP contribution < -0.4 is 11.5 Å². The number of anilines is 2. The normalized spacial score (nSPS) is 9.44. The van der Waals surface area contributed by atoms with E-state index in [-0.39, 0.29) is 11.5 Å². The second-order valence-corrected chi connectivity index (χ2v) is 1.59. The van der Waals surface area contributed by atoms with E-state index in [4.69, 9.17) is 11.5 Å². The molecule has 0 spiro atoms. The number of halogens is 1. The van der Waals surface area contributed by atoms with E-state index in [0.29, 0.717) is 0 Å². The molecule has 4 N–H and O–H groups in total. The van der Waals surface area contributed by atoms with Gasteiger partial charge in [0.05, 0.1) is 0 Å². The monoisotopic (exact) mass is 127 g/mol. The van der Waals surface area contributed by atoms with Crippen LogP contribution >= 0.6 is 0 Å². The van der Waals surface area contributed by atoms with E-state index in [2.05, 4.69) is 4.98 Å². The van der Waals surface area contributed by atoms with Crippen LogP contribution in [0.3, 0.4) is 0 Å². The highest BCUT2D eigenvalue weighted by molar-refractivity contribution is 5.57. The molecule has 0 bridgehead atoms. The molecule has 0 aliphatic carbocycles. The van der Waals surface area contributed by atoms with Gasteiger partial charge in [-0.3, -0.25) is 0 Å². The maximum Gasteiger partial charge on any atom is 0.151 e. The first-order chi connectivity index (χ1) is 4.22. The van der Waals surface area contributed by atoms with Crippen LogP contribution in [0, 0.1) is 5.82 Å². The SMILES string of the molecule is Nc1nccc(F)c1N. The van der Waals surface area contributed by atoms with Gasteiger partial charge in [0.15, 0.2) is 5.82 Å². The summed E-state index contributed by atoms with van der Waals surface area (Å²) < 4.78 is 12.3. The molecule has 48 valence electrons. The summed E-state index contributed by atoms with van der Waals surface area (Å²) in [5.41, 5.74) is 10.2. The van der Waals surface area contributed by atoms with E-state index < -0.39 is 5.82 Å².